The van der Waals surface area contributed by atoms with Gasteiger partial charge in [-0.25, -0.2) is 0 Å². The maximum atomic E-state index is 2.52. The molecule has 8 aromatic rings. The van der Waals surface area contributed by atoms with Crippen LogP contribution in [-0.4, -0.2) is 4.57 Å². The van der Waals surface area contributed by atoms with E-state index in [1.54, 1.807) is 0 Å². The van der Waals surface area contributed by atoms with Gasteiger partial charge in [-0.1, -0.05) is 166 Å². The van der Waals surface area contributed by atoms with E-state index in [0.717, 1.165) is 0 Å². The van der Waals surface area contributed by atoms with E-state index in [-0.39, 0.29) is 5.41 Å². The number of hydrogen-bond donors (Lipinski definition) is 0. The van der Waals surface area contributed by atoms with Crippen molar-refractivity contribution in [3.05, 3.63) is 197 Å². The Bertz CT molecular complexity index is 2530. The molecule has 10 rings (SSSR count). The lowest BCUT2D eigenvalue weighted by Gasteiger charge is -2.50. The van der Waals surface area contributed by atoms with Crippen molar-refractivity contribution in [2.45, 2.75) is 24.7 Å². The predicted molar refractivity (Wildman–Crippen MR) is 196 cm³/mol. The number of fused-ring (bicyclic) bond motifs is 11. The molecule has 2 heterocycles. The zero-order valence-electron chi connectivity index (χ0n) is 26.5. The Labute approximate surface area is 275 Å². The monoisotopic (exact) mass is 599 g/mol. The molecule has 1 spiro atoms. The summed E-state index contributed by atoms with van der Waals surface area (Å²) in [6, 6.07) is 61.1. The number of rotatable bonds is 2. The number of nitrogens with zero attached hydrogens (tertiary/aromatic N) is 1. The van der Waals surface area contributed by atoms with Gasteiger partial charge >= 0.3 is 0 Å². The average Bonchev–Trinajstić information content (AvgIpc) is 3.47. The first-order valence-electron chi connectivity index (χ1n) is 16.6. The summed E-state index contributed by atoms with van der Waals surface area (Å²) < 4.78 is 2.52. The molecule has 0 fully saturated rings. The molecule has 1 heteroatoms. The molecule has 1 aliphatic heterocycles. The van der Waals surface area contributed by atoms with Crippen LogP contribution in [0.25, 0.3) is 49.7 Å². The van der Waals surface area contributed by atoms with E-state index in [2.05, 4.69) is 182 Å². The number of para-hydroxylation sites is 3. The molecule has 1 nitrogen and oxygen atoms in total. The molecule has 0 bridgehead atoms. The van der Waals surface area contributed by atoms with Crippen molar-refractivity contribution < 1.29 is 0 Å². The fraction of sp³-hybridized carbons (Fsp3) is 0.0870. The Kier molecular flexibility index (Phi) is 5.33. The highest BCUT2D eigenvalue weighted by Gasteiger charge is 2.53. The largest absolute Gasteiger partial charge is 0.309 e. The minimum absolute atomic E-state index is 0.223. The van der Waals surface area contributed by atoms with E-state index in [0.29, 0.717) is 0 Å². The molecule has 47 heavy (non-hydrogen) atoms. The normalized spacial score (nSPS) is 17.0. The van der Waals surface area contributed by atoms with Gasteiger partial charge in [0, 0.05) is 16.2 Å². The zero-order valence-corrected chi connectivity index (χ0v) is 26.5. The lowest BCUT2D eigenvalue weighted by Crippen LogP contribution is -2.44. The van der Waals surface area contributed by atoms with Gasteiger partial charge in [0.25, 0.3) is 0 Å². The zero-order chi connectivity index (χ0) is 31.3. The summed E-state index contributed by atoms with van der Waals surface area (Å²) in [5.74, 6) is 0. The molecule has 1 aromatic heterocycles. The van der Waals surface area contributed by atoms with Gasteiger partial charge in [-0.15, -0.1) is 0 Å². The van der Waals surface area contributed by atoms with Crippen molar-refractivity contribution in [3.63, 3.8) is 0 Å². The van der Waals surface area contributed by atoms with E-state index < -0.39 is 5.41 Å². The van der Waals surface area contributed by atoms with Crippen molar-refractivity contribution >= 4 is 21.8 Å². The number of benzene rings is 7. The van der Waals surface area contributed by atoms with E-state index in [1.807, 2.05) is 0 Å². The van der Waals surface area contributed by atoms with Crippen LogP contribution in [0.5, 0.6) is 0 Å². The molecule has 0 amide bonds. The van der Waals surface area contributed by atoms with Gasteiger partial charge in [0.2, 0.25) is 0 Å². The second-order valence-corrected chi connectivity index (χ2v) is 13.7. The molecule has 0 N–H and O–H groups in total. The highest BCUT2D eigenvalue weighted by atomic mass is 15.0. The van der Waals surface area contributed by atoms with E-state index in [9.17, 15) is 0 Å². The smallest absolute Gasteiger partial charge is 0.0748 e. The van der Waals surface area contributed by atoms with E-state index in [4.69, 9.17) is 0 Å². The van der Waals surface area contributed by atoms with Crippen LogP contribution in [0.15, 0.2) is 164 Å². The molecule has 0 radical (unpaired) electrons. The molecule has 1 aliphatic carbocycles. The minimum Gasteiger partial charge on any atom is -0.309 e. The molecule has 0 saturated carbocycles. The first-order valence-corrected chi connectivity index (χ1v) is 16.6. The average molecular weight is 600 g/mol. The first-order chi connectivity index (χ1) is 23.1. The quantitative estimate of drug-likeness (QED) is 0.186. The first kappa shape index (κ1) is 26.5. The van der Waals surface area contributed by atoms with Crippen LogP contribution in [0.4, 0.5) is 0 Å². The fourth-order valence-corrected chi connectivity index (χ4v) is 9.17. The summed E-state index contributed by atoms with van der Waals surface area (Å²) in [6.07, 6.45) is 0. The molecule has 1 atom stereocenters. The van der Waals surface area contributed by atoms with Crippen LogP contribution < -0.4 is 0 Å². The van der Waals surface area contributed by atoms with Gasteiger partial charge in [-0.05, 0) is 67.8 Å². The Balaban J connectivity index is 1.35. The molecular weight excluding hydrogens is 567 g/mol. The maximum absolute atomic E-state index is 2.52. The van der Waals surface area contributed by atoms with Crippen LogP contribution in [0, 0.1) is 0 Å². The molecular formula is C46H33N. The van der Waals surface area contributed by atoms with Crippen LogP contribution in [-0.2, 0) is 10.8 Å². The van der Waals surface area contributed by atoms with Gasteiger partial charge in [0.15, 0.2) is 0 Å². The topological polar surface area (TPSA) is 4.93 Å². The molecule has 2 aliphatic rings. The van der Waals surface area contributed by atoms with Gasteiger partial charge in [0.05, 0.1) is 22.1 Å². The third-order valence-electron chi connectivity index (χ3n) is 11.0. The van der Waals surface area contributed by atoms with E-state index in [1.165, 1.54) is 83.1 Å². The predicted octanol–water partition coefficient (Wildman–Crippen LogP) is 11.5. The summed E-state index contributed by atoms with van der Waals surface area (Å²) in [5, 5.41) is 2.61. The van der Waals surface area contributed by atoms with Gasteiger partial charge < -0.3 is 4.57 Å². The van der Waals surface area contributed by atoms with Crippen LogP contribution >= 0.6 is 0 Å². The SMILES string of the molecule is CC1(C)c2ccccc2C2(c3ccccc3-n3c4ccccc4c4cccc2c43)c2cccc(-c3ccc(-c4ccccc4)cc3)c21. The van der Waals surface area contributed by atoms with Crippen LogP contribution in [0.1, 0.15) is 47.2 Å². The fourth-order valence-electron chi connectivity index (χ4n) is 9.17. The van der Waals surface area contributed by atoms with Crippen LogP contribution in [0.3, 0.4) is 0 Å². The Morgan fingerprint density at radius 2 is 0.979 bits per heavy atom. The lowest BCUT2D eigenvalue weighted by atomic mass is 9.52. The standard InChI is InChI=1S/C46H33N/c1-45(2)36-19-7-8-20-37(36)46(39-22-12-17-33(43(39)45)32-28-26-31(27-29-32)30-14-4-3-5-15-30)38-21-9-11-25-42(38)47-41-24-10-6-16-34(41)35-18-13-23-40(46)44(35)47/h3-29H,1-2H3. The van der Waals surface area contributed by atoms with E-state index >= 15 is 0 Å². The van der Waals surface area contributed by atoms with Crippen molar-refractivity contribution in [1.29, 1.82) is 0 Å². The van der Waals surface area contributed by atoms with Crippen molar-refractivity contribution in [1.82, 2.24) is 4.57 Å². The Morgan fingerprint density at radius 1 is 0.404 bits per heavy atom. The van der Waals surface area contributed by atoms with Crippen molar-refractivity contribution in [3.8, 4) is 27.9 Å². The van der Waals surface area contributed by atoms with Gasteiger partial charge in [-0.2, -0.15) is 0 Å². The van der Waals surface area contributed by atoms with Crippen molar-refractivity contribution in [2.75, 3.05) is 0 Å². The molecule has 0 saturated heterocycles. The third kappa shape index (κ3) is 3.34. The lowest BCUT2D eigenvalue weighted by molar-refractivity contribution is 0.558. The highest BCUT2D eigenvalue weighted by Crippen LogP contribution is 2.61. The minimum atomic E-state index is -0.484. The summed E-state index contributed by atoms with van der Waals surface area (Å²) >= 11 is 0. The Hall–Kier alpha value is -5.66. The van der Waals surface area contributed by atoms with Crippen molar-refractivity contribution in [2.24, 2.45) is 0 Å². The molecule has 1 unspecified atom stereocenters. The second kappa shape index (κ2) is 9.44. The van der Waals surface area contributed by atoms with Gasteiger partial charge in [0.1, 0.15) is 0 Å². The number of hydrogen-bond acceptors (Lipinski definition) is 0. The second-order valence-electron chi connectivity index (χ2n) is 13.7. The number of aromatic nitrogens is 1. The molecule has 7 aromatic carbocycles. The highest BCUT2D eigenvalue weighted by molar-refractivity contribution is 6.12. The summed E-state index contributed by atoms with van der Waals surface area (Å²) in [6.45, 7) is 4.84. The maximum Gasteiger partial charge on any atom is 0.0748 e. The van der Waals surface area contributed by atoms with Crippen LogP contribution in [0.2, 0.25) is 0 Å². The van der Waals surface area contributed by atoms with Gasteiger partial charge in [-0.3, -0.25) is 0 Å². The summed E-state index contributed by atoms with van der Waals surface area (Å²) in [4.78, 5) is 0. The summed E-state index contributed by atoms with van der Waals surface area (Å²) in [7, 11) is 0. The third-order valence-corrected chi connectivity index (χ3v) is 11.0. The Morgan fingerprint density at radius 3 is 1.81 bits per heavy atom. The summed E-state index contributed by atoms with van der Waals surface area (Å²) in [5.41, 5.74) is 16.4. The molecule has 222 valence electrons.